The fraction of sp³-hybridized carbons (Fsp3) is 0.500. The first-order valence-corrected chi connectivity index (χ1v) is 12.1. The quantitative estimate of drug-likeness (QED) is 0.401. The van der Waals surface area contributed by atoms with Crippen molar-refractivity contribution in [1.82, 2.24) is 10.3 Å². The van der Waals surface area contributed by atoms with E-state index in [0.29, 0.717) is 11.5 Å². The van der Waals surface area contributed by atoms with E-state index in [1.165, 1.54) is 5.56 Å². The first-order valence-electron chi connectivity index (χ1n) is 12.1. The Morgan fingerprint density at radius 3 is 2.74 bits per heavy atom. The van der Waals surface area contributed by atoms with Crippen molar-refractivity contribution in [1.29, 1.82) is 0 Å². The molecule has 0 bridgehead atoms. The number of carboxylic acid groups (broad SMARTS) is 1. The number of amides is 1. The number of aliphatic carboxylic acids is 1. The van der Waals surface area contributed by atoms with Crippen molar-refractivity contribution in [2.45, 2.75) is 63.2 Å². The van der Waals surface area contributed by atoms with E-state index in [0.717, 1.165) is 56.6 Å². The molecule has 0 radical (unpaired) electrons. The van der Waals surface area contributed by atoms with Crippen LogP contribution in [-0.2, 0) is 27.2 Å². The number of aromatic nitrogens is 1. The molecule has 1 saturated carbocycles. The van der Waals surface area contributed by atoms with Crippen LogP contribution in [-0.4, -0.2) is 52.4 Å². The number of nitrogens with zero attached hydrogens (tertiary/aromatic N) is 1. The monoisotopic (exact) mass is 467 g/mol. The number of pyridine rings is 1. The Labute approximate surface area is 199 Å². The summed E-state index contributed by atoms with van der Waals surface area (Å²) in [4.78, 5) is 28.6. The highest BCUT2D eigenvalue weighted by Crippen LogP contribution is 2.34. The second-order valence-corrected chi connectivity index (χ2v) is 9.21. The van der Waals surface area contributed by atoms with Crippen molar-refractivity contribution < 1.29 is 24.5 Å². The minimum atomic E-state index is -1.41. The maximum Gasteiger partial charge on any atom is 0.326 e. The van der Waals surface area contributed by atoms with Crippen molar-refractivity contribution in [2.75, 3.05) is 18.5 Å². The number of hydrogen-bond acceptors (Lipinski definition) is 6. The van der Waals surface area contributed by atoms with Crippen LogP contribution in [0.1, 0.15) is 55.0 Å². The second kappa shape index (κ2) is 11.4. The van der Waals surface area contributed by atoms with Gasteiger partial charge in [0.05, 0.1) is 6.10 Å². The third kappa shape index (κ3) is 6.33. The highest BCUT2D eigenvalue weighted by molar-refractivity contribution is 5.86. The summed E-state index contributed by atoms with van der Waals surface area (Å²) in [6, 6.07) is 11.6. The summed E-state index contributed by atoms with van der Waals surface area (Å²) in [6.45, 7) is 1.24. The van der Waals surface area contributed by atoms with Gasteiger partial charge >= 0.3 is 5.97 Å². The van der Waals surface area contributed by atoms with E-state index in [-0.39, 0.29) is 19.1 Å². The van der Waals surface area contributed by atoms with Crippen LogP contribution in [0.3, 0.4) is 0 Å². The van der Waals surface area contributed by atoms with Crippen LogP contribution in [0.2, 0.25) is 0 Å². The zero-order valence-electron chi connectivity index (χ0n) is 19.3. The average molecular weight is 468 g/mol. The third-order valence-electron chi connectivity index (χ3n) is 6.69. The number of benzene rings is 1. The topological polar surface area (TPSA) is 121 Å². The van der Waals surface area contributed by atoms with E-state index >= 15 is 0 Å². The average Bonchev–Trinajstić information content (AvgIpc) is 2.83. The van der Waals surface area contributed by atoms with Crippen molar-refractivity contribution in [2.24, 2.45) is 5.92 Å². The number of carboxylic acids is 1. The zero-order valence-corrected chi connectivity index (χ0v) is 19.3. The molecule has 1 aromatic carbocycles. The first-order chi connectivity index (χ1) is 16.5. The van der Waals surface area contributed by atoms with E-state index < -0.39 is 24.0 Å². The van der Waals surface area contributed by atoms with E-state index in [4.69, 9.17) is 9.72 Å². The van der Waals surface area contributed by atoms with Gasteiger partial charge in [0.1, 0.15) is 11.9 Å². The number of nitrogens with one attached hydrogen (secondary N) is 2. The molecule has 2 aliphatic rings. The Bertz CT molecular complexity index is 978. The van der Waals surface area contributed by atoms with Crippen LogP contribution in [0, 0.1) is 5.92 Å². The highest BCUT2D eigenvalue weighted by atomic mass is 16.5. The van der Waals surface area contributed by atoms with Crippen LogP contribution >= 0.6 is 0 Å². The SMILES string of the molecule is O=C(O)C(CCOC1CC(CCc2ccc3c(n2)NCCC3)C1)NC(=O)[C@@H](O)c1ccccc1. The summed E-state index contributed by atoms with van der Waals surface area (Å²) in [5.74, 6) is -0.245. The molecule has 0 saturated heterocycles. The summed E-state index contributed by atoms with van der Waals surface area (Å²) >= 11 is 0. The number of carbonyl (C=O) groups is 2. The molecule has 8 heteroatoms. The van der Waals surface area contributed by atoms with E-state index in [2.05, 4.69) is 22.8 Å². The van der Waals surface area contributed by atoms with Gasteiger partial charge in [-0.05, 0) is 61.6 Å². The molecule has 1 unspecified atom stereocenters. The molecule has 34 heavy (non-hydrogen) atoms. The van der Waals surface area contributed by atoms with Crippen molar-refractivity contribution >= 4 is 17.7 Å². The molecule has 1 amide bonds. The fourth-order valence-electron chi connectivity index (χ4n) is 4.55. The van der Waals surface area contributed by atoms with Crippen molar-refractivity contribution in [3.63, 3.8) is 0 Å². The van der Waals surface area contributed by atoms with Crippen LogP contribution < -0.4 is 10.6 Å². The predicted octanol–water partition coefficient (Wildman–Crippen LogP) is 2.86. The Kier molecular flexibility index (Phi) is 8.13. The Hall–Kier alpha value is -2.97. The lowest BCUT2D eigenvalue weighted by atomic mass is 9.79. The molecular formula is C26H33N3O5. The van der Waals surface area contributed by atoms with E-state index in [1.807, 2.05) is 0 Å². The Morgan fingerprint density at radius 2 is 1.97 bits per heavy atom. The molecule has 1 aliphatic carbocycles. The molecule has 1 aliphatic heterocycles. The molecule has 1 fully saturated rings. The molecule has 4 rings (SSSR count). The predicted molar refractivity (Wildman–Crippen MR) is 127 cm³/mol. The van der Waals surface area contributed by atoms with Gasteiger partial charge in [0.25, 0.3) is 5.91 Å². The van der Waals surface area contributed by atoms with Gasteiger partial charge in [-0.3, -0.25) is 4.79 Å². The molecular weight excluding hydrogens is 434 g/mol. The lowest BCUT2D eigenvalue weighted by Crippen LogP contribution is -2.44. The number of ether oxygens (including phenoxy) is 1. The summed E-state index contributed by atoms with van der Waals surface area (Å²) in [6.07, 6.45) is 5.06. The number of aliphatic hydroxyl groups is 1. The summed E-state index contributed by atoms with van der Waals surface area (Å²) < 4.78 is 5.84. The fourth-order valence-corrected chi connectivity index (χ4v) is 4.55. The number of anilines is 1. The highest BCUT2D eigenvalue weighted by Gasteiger charge is 2.30. The molecule has 2 heterocycles. The van der Waals surface area contributed by atoms with Gasteiger partial charge in [-0.1, -0.05) is 36.4 Å². The molecule has 182 valence electrons. The second-order valence-electron chi connectivity index (χ2n) is 9.21. The molecule has 2 aromatic rings. The number of hydrogen-bond donors (Lipinski definition) is 4. The maximum atomic E-state index is 12.3. The summed E-state index contributed by atoms with van der Waals surface area (Å²) in [7, 11) is 0. The Balaban J connectivity index is 1.14. The van der Waals surface area contributed by atoms with E-state index in [9.17, 15) is 19.8 Å². The molecule has 0 spiro atoms. The number of carbonyl (C=O) groups excluding carboxylic acids is 1. The zero-order chi connectivity index (χ0) is 23.9. The van der Waals surface area contributed by atoms with Crippen molar-refractivity contribution in [3.05, 3.63) is 59.3 Å². The Morgan fingerprint density at radius 1 is 1.18 bits per heavy atom. The molecule has 2 atom stereocenters. The van der Waals surface area contributed by atoms with Gasteiger partial charge in [-0.15, -0.1) is 0 Å². The van der Waals surface area contributed by atoms with Crippen LogP contribution in [0.4, 0.5) is 5.82 Å². The lowest BCUT2D eigenvalue weighted by Gasteiger charge is -2.35. The number of rotatable bonds is 11. The molecule has 1 aromatic heterocycles. The van der Waals surface area contributed by atoms with Gasteiger partial charge in [0.15, 0.2) is 6.10 Å². The van der Waals surface area contributed by atoms with Crippen molar-refractivity contribution in [3.8, 4) is 0 Å². The minimum absolute atomic E-state index is 0.128. The molecule has 4 N–H and O–H groups in total. The smallest absolute Gasteiger partial charge is 0.326 e. The minimum Gasteiger partial charge on any atom is -0.480 e. The van der Waals surface area contributed by atoms with Gasteiger partial charge in [-0.2, -0.15) is 0 Å². The number of aliphatic hydroxyl groups excluding tert-OH is 1. The van der Waals surface area contributed by atoms with Gasteiger partial charge in [0.2, 0.25) is 0 Å². The van der Waals surface area contributed by atoms with E-state index in [1.54, 1.807) is 30.3 Å². The van der Waals surface area contributed by atoms with Gasteiger partial charge in [0, 0.05) is 25.3 Å². The normalized spacial score (nSPS) is 20.9. The summed E-state index contributed by atoms with van der Waals surface area (Å²) in [5.41, 5.74) is 2.84. The van der Waals surface area contributed by atoms with Gasteiger partial charge < -0.3 is 25.6 Å². The number of fused-ring (bicyclic) bond motifs is 1. The lowest BCUT2D eigenvalue weighted by molar-refractivity contribution is -0.144. The largest absolute Gasteiger partial charge is 0.480 e. The maximum absolute atomic E-state index is 12.3. The number of aryl methyl sites for hydroxylation is 2. The standard InChI is InChI=1S/C26H33N3O5/c30-23(18-5-2-1-3-6-18)25(31)29-22(26(32)33)12-14-34-21-15-17(16-21)8-10-20-11-9-19-7-4-13-27-24(19)28-20/h1-3,5-6,9,11,17,21-23,30H,4,7-8,10,12-16H2,(H,27,28)(H,29,31)(H,32,33)/t17?,21?,22?,23-/m0/s1. The van der Waals surface area contributed by atoms with Crippen LogP contribution in [0.25, 0.3) is 0 Å². The van der Waals surface area contributed by atoms with Crippen LogP contribution in [0.15, 0.2) is 42.5 Å². The summed E-state index contributed by atoms with van der Waals surface area (Å²) in [5, 5.41) is 25.4. The molecule has 8 nitrogen and oxygen atoms in total. The third-order valence-corrected chi connectivity index (χ3v) is 6.69. The van der Waals surface area contributed by atoms with Gasteiger partial charge in [-0.25, -0.2) is 9.78 Å². The first kappa shape index (κ1) is 24.2. The van der Waals surface area contributed by atoms with Crippen LogP contribution in [0.5, 0.6) is 0 Å².